The van der Waals surface area contributed by atoms with Crippen molar-refractivity contribution in [2.75, 3.05) is 0 Å². The molecule has 5 heteroatoms. The Morgan fingerprint density at radius 2 is 1.82 bits per heavy atom. The predicted octanol–water partition coefficient (Wildman–Crippen LogP) is 5.23. The monoisotopic (exact) mass is 389 g/mol. The zero-order chi connectivity index (χ0) is 19.7. The van der Waals surface area contributed by atoms with Gasteiger partial charge in [0.2, 0.25) is 0 Å². The zero-order valence-electron chi connectivity index (χ0n) is 15.7. The van der Waals surface area contributed by atoms with Crippen molar-refractivity contribution in [3.63, 3.8) is 0 Å². The first kappa shape index (κ1) is 18.3. The molecule has 1 N–H and O–H groups in total. The summed E-state index contributed by atoms with van der Waals surface area (Å²) in [6.45, 7) is 4.48. The van der Waals surface area contributed by atoms with Crippen molar-refractivity contribution in [2.45, 2.75) is 20.4 Å². The topological polar surface area (TPSA) is 46.9 Å². The quantitative estimate of drug-likeness (QED) is 0.519. The van der Waals surface area contributed by atoms with Gasteiger partial charge in [-0.1, -0.05) is 47.5 Å². The predicted molar refractivity (Wildman–Crippen MR) is 113 cm³/mol. The second-order valence-electron chi connectivity index (χ2n) is 6.85. The first-order valence-corrected chi connectivity index (χ1v) is 9.48. The van der Waals surface area contributed by atoms with Gasteiger partial charge in [0.1, 0.15) is 5.82 Å². The lowest BCUT2D eigenvalue weighted by Gasteiger charge is -2.08. The number of amides is 1. The third-order valence-corrected chi connectivity index (χ3v) is 4.96. The lowest BCUT2D eigenvalue weighted by molar-refractivity contribution is 0.0951. The van der Waals surface area contributed by atoms with Crippen LogP contribution in [-0.2, 0) is 6.54 Å². The van der Waals surface area contributed by atoms with E-state index in [4.69, 9.17) is 11.6 Å². The Kier molecular flexibility index (Phi) is 4.88. The molecule has 4 rings (SSSR count). The highest BCUT2D eigenvalue weighted by molar-refractivity contribution is 6.30. The molecule has 0 saturated carbocycles. The lowest BCUT2D eigenvalue weighted by Crippen LogP contribution is -2.22. The minimum Gasteiger partial charge on any atom is -0.348 e. The molecule has 0 aliphatic heterocycles. The molecular formula is C23H20ClN3O. The summed E-state index contributed by atoms with van der Waals surface area (Å²) in [6.07, 6.45) is 0. The first-order valence-electron chi connectivity index (χ1n) is 9.10. The molecule has 4 aromatic rings. The number of carbonyl (C=O) groups is 1. The SMILES string of the molecule is Cc1ccc(CNC(=O)c2ccc3c(c2)nc(C)n3-c2cccc(Cl)c2)cc1. The molecule has 0 unspecified atom stereocenters. The van der Waals surface area contributed by atoms with Crippen molar-refractivity contribution in [1.29, 1.82) is 0 Å². The van der Waals surface area contributed by atoms with Crippen LogP contribution < -0.4 is 5.32 Å². The standard InChI is InChI=1S/C23H20ClN3O/c1-15-6-8-17(9-7-15)14-25-23(28)18-10-11-22-21(12-18)26-16(2)27(22)20-5-3-4-19(24)13-20/h3-13H,14H2,1-2H3,(H,25,28). The van der Waals surface area contributed by atoms with E-state index in [2.05, 4.69) is 10.3 Å². The molecule has 0 atom stereocenters. The highest BCUT2D eigenvalue weighted by atomic mass is 35.5. The summed E-state index contributed by atoms with van der Waals surface area (Å²) < 4.78 is 2.04. The summed E-state index contributed by atoms with van der Waals surface area (Å²) in [4.78, 5) is 17.2. The molecule has 0 radical (unpaired) electrons. The highest BCUT2D eigenvalue weighted by Crippen LogP contribution is 2.24. The van der Waals surface area contributed by atoms with Gasteiger partial charge in [-0.3, -0.25) is 9.36 Å². The Hall–Kier alpha value is -3.11. The number of rotatable bonds is 4. The fourth-order valence-electron chi connectivity index (χ4n) is 3.27. The zero-order valence-corrected chi connectivity index (χ0v) is 16.5. The summed E-state index contributed by atoms with van der Waals surface area (Å²) >= 11 is 6.14. The number of halogens is 1. The minimum absolute atomic E-state index is 0.113. The van der Waals surface area contributed by atoms with Crippen LogP contribution in [0.3, 0.4) is 0 Å². The van der Waals surface area contributed by atoms with Crippen molar-refractivity contribution in [2.24, 2.45) is 0 Å². The van der Waals surface area contributed by atoms with Gasteiger partial charge in [0.15, 0.2) is 0 Å². The van der Waals surface area contributed by atoms with E-state index in [1.807, 2.05) is 85.1 Å². The number of aryl methyl sites for hydroxylation is 2. The van der Waals surface area contributed by atoms with Crippen LogP contribution >= 0.6 is 11.6 Å². The van der Waals surface area contributed by atoms with Crippen molar-refractivity contribution < 1.29 is 4.79 Å². The summed E-state index contributed by atoms with van der Waals surface area (Å²) in [5.41, 5.74) is 5.53. The van der Waals surface area contributed by atoms with Gasteiger partial charge >= 0.3 is 0 Å². The Morgan fingerprint density at radius 3 is 2.57 bits per heavy atom. The van der Waals surface area contributed by atoms with E-state index in [-0.39, 0.29) is 5.91 Å². The Bertz CT molecular complexity index is 1160. The number of nitrogens with one attached hydrogen (secondary N) is 1. The third kappa shape index (κ3) is 3.64. The van der Waals surface area contributed by atoms with Gasteiger partial charge in [0.25, 0.3) is 5.91 Å². The Balaban J connectivity index is 1.59. The van der Waals surface area contributed by atoms with E-state index < -0.39 is 0 Å². The van der Waals surface area contributed by atoms with Crippen LogP contribution in [0.4, 0.5) is 0 Å². The number of hydrogen-bond acceptors (Lipinski definition) is 2. The van der Waals surface area contributed by atoms with Crippen LogP contribution in [0.25, 0.3) is 16.7 Å². The fraction of sp³-hybridized carbons (Fsp3) is 0.130. The molecule has 0 spiro atoms. The summed E-state index contributed by atoms with van der Waals surface area (Å²) in [5.74, 6) is 0.729. The molecule has 0 saturated heterocycles. The summed E-state index contributed by atoms with van der Waals surface area (Å²) in [7, 11) is 0. The molecule has 0 fully saturated rings. The number of aromatic nitrogens is 2. The molecule has 1 amide bonds. The van der Waals surface area contributed by atoms with Crippen LogP contribution in [0.2, 0.25) is 5.02 Å². The average molecular weight is 390 g/mol. The number of imidazole rings is 1. The van der Waals surface area contributed by atoms with E-state index >= 15 is 0 Å². The Labute approximate surface area is 168 Å². The van der Waals surface area contributed by atoms with E-state index in [1.165, 1.54) is 5.56 Å². The van der Waals surface area contributed by atoms with Crippen molar-refractivity contribution in [3.05, 3.63) is 94.3 Å². The van der Waals surface area contributed by atoms with Gasteiger partial charge in [0.05, 0.1) is 11.0 Å². The summed E-state index contributed by atoms with van der Waals surface area (Å²) in [5, 5.41) is 3.64. The maximum atomic E-state index is 12.6. The molecular weight excluding hydrogens is 370 g/mol. The normalized spacial score (nSPS) is 11.0. The van der Waals surface area contributed by atoms with Crippen molar-refractivity contribution >= 4 is 28.5 Å². The van der Waals surface area contributed by atoms with Gasteiger partial charge < -0.3 is 5.32 Å². The van der Waals surface area contributed by atoms with Crippen LogP contribution in [0.1, 0.15) is 27.3 Å². The van der Waals surface area contributed by atoms with Gasteiger partial charge in [-0.2, -0.15) is 0 Å². The molecule has 1 aromatic heterocycles. The van der Waals surface area contributed by atoms with Crippen LogP contribution in [0.5, 0.6) is 0 Å². The third-order valence-electron chi connectivity index (χ3n) is 4.72. The average Bonchev–Trinajstić information content (AvgIpc) is 3.02. The molecule has 0 aliphatic carbocycles. The largest absolute Gasteiger partial charge is 0.348 e. The molecule has 0 aliphatic rings. The molecule has 3 aromatic carbocycles. The first-order chi connectivity index (χ1) is 13.5. The smallest absolute Gasteiger partial charge is 0.251 e. The van der Waals surface area contributed by atoms with Crippen molar-refractivity contribution in [1.82, 2.24) is 14.9 Å². The van der Waals surface area contributed by atoms with E-state index in [1.54, 1.807) is 0 Å². The van der Waals surface area contributed by atoms with Gasteiger partial charge in [-0.15, -0.1) is 0 Å². The number of nitrogens with zero attached hydrogens (tertiary/aromatic N) is 2. The molecule has 4 nitrogen and oxygen atoms in total. The second kappa shape index (κ2) is 7.49. The number of hydrogen-bond donors (Lipinski definition) is 1. The van der Waals surface area contributed by atoms with Crippen LogP contribution in [-0.4, -0.2) is 15.5 Å². The number of fused-ring (bicyclic) bond motifs is 1. The fourth-order valence-corrected chi connectivity index (χ4v) is 3.46. The Morgan fingerprint density at radius 1 is 1.04 bits per heavy atom. The lowest BCUT2D eigenvalue weighted by atomic mass is 10.1. The van der Waals surface area contributed by atoms with E-state index in [0.717, 1.165) is 28.1 Å². The van der Waals surface area contributed by atoms with Gasteiger partial charge in [0, 0.05) is 22.8 Å². The maximum Gasteiger partial charge on any atom is 0.251 e. The maximum absolute atomic E-state index is 12.6. The van der Waals surface area contributed by atoms with Crippen molar-refractivity contribution in [3.8, 4) is 5.69 Å². The second-order valence-corrected chi connectivity index (χ2v) is 7.28. The summed E-state index contributed by atoms with van der Waals surface area (Å²) in [6, 6.07) is 21.4. The van der Waals surface area contributed by atoms with Crippen LogP contribution in [0.15, 0.2) is 66.7 Å². The van der Waals surface area contributed by atoms with Gasteiger partial charge in [-0.25, -0.2) is 4.98 Å². The molecule has 28 heavy (non-hydrogen) atoms. The number of carbonyl (C=O) groups excluding carboxylic acids is 1. The molecule has 0 bridgehead atoms. The number of benzene rings is 3. The van der Waals surface area contributed by atoms with Gasteiger partial charge in [-0.05, 0) is 55.8 Å². The highest BCUT2D eigenvalue weighted by Gasteiger charge is 2.13. The molecule has 1 heterocycles. The molecule has 140 valence electrons. The minimum atomic E-state index is -0.113. The van der Waals surface area contributed by atoms with E-state index in [0.29, 0.717) is 17.1 Å². The van der Waals surface area contributed by atoms with E-state index in [9.17, 15) is 4.79 Å². The van der Waals surface area contributed by atoms with Crippen LogP contribution in [0, 0.1) is 13.8 Å².